The number of carbonyl (C=O) groups excluding carboxylic acids is 1. The molecule has 2 amide bonds. The van der Waals surface area contributed by atoms with Gasteiger partial charge in [-0.15, -0.1) is 0 Å². The minimum atomic E-state index is -0.846. The number of hydrogen-bond acceptors (Lipinski definition) is 2. The summed E-state index contributed by atoms with van der Waals surface area (Å²) in [7, 11) is 0. The molecule has 1 fully saturated rings. The molecule has 0 unspecified atom stereocenters. The molecule has 0 heterocycles. The number of carboxylic acids is 1. The standard InChI is InChI=1S/C15H28N2O3/c1-13(2,8-7-11(18)19)17-12(20)16-9-10-14(3,4)15(10,5)6/h10H,7-9H2,1-6H3,(H,18,19)(H2,16,17,20). The van der Waals surface area contributed by atoms with Gasteiger partial charge in [-0.3, -0.25) is 4.79 Å². The van der Waals surface area contributed by atoms with Crippen LogP contribution in [-0.2, 0) is 4.79 Å². The molecule has 20 heavy (non-hydrogen) atoms. The van der Waals surface area contributed by atoms with Crippen LogP contribution in [0.2, 0.25) is 0 Å². The zero-order valence-electron chi connectivity index (χ0n) is 13.5. The molecule has 5 nitrogen and oxygen atoms in total. The van der Waals surface area contributed by atoms with Gasteiger partial charge >= 0.3 is 12.0 Å². The van der Waals surface area contributed by atoms with Crippen LogP contribution in [0.3, 0.4) is 0 Å². The Morgan fingerprint density at radius 3 is 2.05 bits per heavy atom. The minimum Gasteiger partial charge on any atom is -0.481 e. The third-order valence-electron chi connectivity index (χ3n) is 5.20. The first-order chi connectivity index (χ1) is 8.90. The van der Waals surface area contributed by atoms with Crippen LogP contribution in [0.25, 0.3) is 0 Å². The summed E-state index contributed by atoms with van der Waals surface area (Å²) in [6.07, 6.45) is 0.464. The van der Waals surface area contributed by atoms with Gasteiger partial charge in [-0.05, 0) is 37.0 Å². The molecule has 0 aromatic rings. The maximum atomic E-state index is 11.9. The maximum Gasteiger partial charge on any atom is 0.315 e. The summed E-state index contributed by atoms with van der Waals surface area (Å²) in [5.74, 6) is -0.371. The summed E-state index contributed by atoms with van der Waals surface area (Å²) >= 11 is 0. The minimum absolute atomic E-state index is 0.0516. The van der Waals surface area contributed by atoms with Crippen LogP contribution in [0, 0.1) is 16.7 Å². The zero-order valence-corrected chi connectivity index (χ0v) is 13.5. The fourth-order valence-corrected chi connectivity index (χ4v) is 2.87. The molecule has 0 aromatic carbocycles. The number of hydrogen-bond donors (Lipinski definition) is 3. The number of urea groups is 1. The predicted octanol–water partition coefficient (Wildman–Crippen LogP) is 2.61. The van der Waals surface area contributed by atoms with Crippen LogP contribution in [0.15, 0.2) is 0 Å². The van der Waals surface area contributed by atoms with Crippen molar-refractivity contribution in [3.05, 3.63) is 0 Å². The normalized spacial score (nSPS) is 20.3. The lowest BCUT2D eigenvalue weighted by molar-refractivity contribution is -0.137. The van der Waals surface area contributed by atoms with Crippen molar-refractivity contribution in [3.63, 3.8) is 0 Å². The second-order valence-corrected chi connectivity index (χ2v) is 7.61. The monoisotopic (exact) mass is 284 g/mol. The molecular weight excluding hydrogens is 256 g/mol. The van der Waals surface area contributed by atoms with Gasteiger partial charge in [0.25, 0.3) is 0 Å². The number of aliphatic carboxylic acids is 1. The molecule has 0 radical (unpaired) electrons. The highest BCUT2D eigenvalue weighted by Crippen LogP contribution is 2.67. The first-order valence-electron chi connectivity index (χ1n) is 7.18. The predicted molar refractivity (Wildman–Crippen MR) is 78.5 cm³/mol. The Morgan fingerprint density at radius 2 is 1.65 bits per heavy atom. The first kappa shape index (κ1) is 16.8. The highest BCUT2D eigenvalue weighted by atomic mass is 16.4. The van der Waals surface area contributed by atoms with E-state index in [-0.39, 0.29) is 23.3 Å². The average molecular weight is 284 g/mol. The van der Waals surface area contributed by atoms with Crippen LogP contribution in [0.1, 0.15) is 54.4 Å². The SMILES string of the molecule is CC(C)(CCC(=O)O)NC(=O)NCC1C(C)(C)C1(C)C. The summed E-state index contributed by atoms with van der Waals surface area (Å²) in [4.78, 5) is 22.5. The maximum absolute atomic E-state index is 11.9. The van der Waals surface area contributed by atoms with Gasteiger partial charge in [0.2, 0.25) is 0 Å². The Bertz CT molecular complexity index is 386. The smallest absolute Gasteiger partial charge is 0.315 e. The zero-order chi connectivity index (χ0) is 15.8. The number of carboxylic acid groups (broad SMARTS) is 1. The second-order valence-electron chi connectivity index (χ2n) is 7.61. The van der Waals surface area contributed by atoms with E-state index >= 15 is 0 Å². The largest absolute Gasteiger partial charge is 0.481 e. The Labute approximate surface area is 121 Å². The molecule has 0 bridgehead atoms. The molecular formula is C15H28N2O3. The van der Waals surface area contributed by atoms with Gasteiger partial charge in [-0.25, -0.2) is 4.79 Å². The topological polar surface area (TPSA) is 78.4 Å². The highest BCUT2D eigenvalue weighted by molar-refractivity contribution is 5.75. The summed E-state index contributed by atoms with van der Waals surface area (Å²) in [5.41, 5.74) is -0.0186. The van der Waals surface area contributed by atoms with Crippen LogP contribution in [-0.4, -0.2) is 29.2 Å². The van der Waals surface area contributed by atoms with Gasteiger partial charge in [-0.2, -0.15) is 0 Å². The molecule has 0 aromatic heterocycles. The van der Waals surface area contributed by atoms with Crippen molar-refractivity contribution in [3.8, 4) is 0 Å². The molecule has 1 rings (SSSR count). The molecule has 0 atom stereocenters. The fourth-order valence-electron chi connectivity index (χ4n) is 2.87. The number of nitrogens with one attached hydrogen (secondary N) is 2. The summed E-state index contributed by atoms with van der Waals surface area (Å²) in [6, 6.07) is -0.223. The molecule has 1 saturated carbocycles. The molecule has 0 saturated heterocycles. The van der Waals surface area contributed by atoms with Crippen molar-refractivity contribution in [2.45, 2.75) is 59.9 Å². The average Bonchev–Trinajstić information content (AvgIpc) is 2.63. The van der Waals surface area contributed by atoms with Gasteiger partial charge in [-0.1, -0.05) is 27.7 Å². The van der Waals surface area contributed by atoms with Gasteiger partial charge in [0.05, 0.1) is 0 Å². The van der Waals surface area contributed by atoms with E-state index in [2.05, 4.69) is 38.3 Å². The molecule has 5 heteroatoms. The van der Waals surface area contributed by atoms with Gasteiger partial charge in [0, 0.05) is 18.5 Å². The van der Waals surface area contributed by atoms with Crippen molar-refractivity contribution >= 4 is 12.0 Å². The molecule has 3 N–H and O–H groups in total. The quantitative estimate of drug-likeness (QED) is 0.701. The Kier molecular flexibility index (Phi) is 4.42. The van der Waals surface area contributed by atoms with E-state index in [1.807, 2.05) is 13.8 Å². The van der Waals surface area contributed by atoms with E-state index < -0.39 is 11.5 Å². The van der Waals surface area contributed by atoms with E-state index in [4.69, 9.17) is 5.11 Å². The second kappa shape index (κ2) is 5.26. The first-order valence-corrected chi connectivity index (χ1v) is 7.18. The lowest BCUT2D eigenvalue weighted by Crippen LogP contribution is -2.49. The lowest BCUT2D eigenvalue weighted by atomic mass is 9.99. The van der Waals surface area contributed by atoms with E-state index in [0.29, 0.717) is 18.9 Å². The molecule has 0 spiro atoms. The van der Waals surface area contributed by atoms with E-state index in [1.54, 1.807) is 0 Å². The van der Waals surface area contributed by atoms with Gasteiger partial charge in [0.1, 0.15) is 0 Å². The molecule has 116 valence electrons. The third kappa shape index (κ3) is 3.64. The third-order valence-corrected chi connectivity index (χ3v) is 5.20. The number of amides is 2. The van der Waals surface area contributed by atoms with E-state index in [9.17, 15) is 9.59 Å². The van der Waals surface area contributed by atoms with Crippen molar-refractivity contribution in [1.29, 1.82) is 0 Å². The summed E-state index contributed by atoms with van der Waals surface area (Å²) in [5, 5.41) is 14.4. The van der Waals surface area contributed by atoms with Crippen molar-refractivity contribution < 1.29 is 14.7 Å². The Morgan fingerprint density at radius 1 is 1.15 bits per heavy atom. The van der Waals surface area contributed by atoms with Gasteiger partial charge < -0.3 is 15.7 Å². The van der Waals surface area contributed by atoms with Crippen LogP contribution in [0.5, 0.6) is 0 Å². The van der Waals surface area contributed by atoms with Crippen molar-refractivity contribution in [2.24, 2.45) is 16.7 Å². The van der Waals surface area contributed by atoms with Gasteiger partial charge in [0.15, 0.2) is 0 Å². The Hall–Kier alpha value is -1.26. The van der Waals surface area contributed by atoms with Crippen molar-refractivity contribution in [2.75, 3.05) is 6.54 Å². The van der Waals surface area contributed by atoms with Crippen LogP contribution in [0.4, 0.5) is 4.79 Å². The molecule has 0 aliphatic heterocycles. The van der Waals surface area contributed by atoms with Crippen LogP contribution < -0.4 is 10.6 Å². The fraction of sp³-hybridized carbons (Fsp3) is 0.867. The lowest BCUT2D eigenvalue weighted by Gasteiger charge is -2.25. The highest BCUT2D eigenvalue weighted by Gasteiger charge is 2.64. The molecule has 1 aliphatic carbocycles. The van der Waals surface area contributed by atoms with E-state index in [0.717, 1.165) is 0 Å². The summed E-state index contributed by atoms with van der Waals surface area (Å²) < 4.78 is 0. The van der Waals surface area contributed by atoms with E-state index in [1.165, 1.54) is 0 Å². The van der Waals surface area contributed by atoms with Crippen molar-refractivity contribution in [1.82, 2.24) is 10.6 Å². The van der Waals surface area contributed by atoms with Crippen LogP contribution >= 0.6 is 0 Å². The number of rotatable bonds is 6. The summed E-state index contributed by atoms with van der Waals surface area (Å²) in [6.45, 7) is 13.2. The molecule has 1 aliphatic rings. The number of carbonyl (C=O) groups is 2. The Balaban J connectivity index is 2.36.